The fourth-order valence-electron chi connectivity index (χ4n) is 1.86. The first-order valence-electron chi connectivity index (χ1n) is 5.13. The zero-order valence-corrected chi connectivity index (χ0v) is 9.00. The Morgan fingerprint density at radius 2 is 2.27 bits per heavy atom. The first-order valence-corrected chi connectivity index (χ1v) is 5.13. The van der Waals surface area contributed by atoms with Crippen molar-refractivity contribution < 1.29 is 14.3 Å². The largest absolute Gasteiger partial charge is 0.496 e. The van der Waals surface area contributed by atoms with E-state index in [0.29, 0.717) is 30.1 Å². The second kappa shape index (κ2) is 3.93. The van der Waals surface area contributed by atoms with Crippen molar-refractivity contribution in [1.29, 1.82) is 0 Å². The molecule has 0 aliphatic carbocycles. The molecular formula is C12H14O3. The quantitative estimate of drug-likeness (QED) is 0.744. The van der Waals surface area contributed by atoms with Crippen LogP contribution in [0, 0.1) is 0 Å². The Hall–Kier alpha value is -1.51. The van der Waals surface area contributed by atoms with Gasteiger partial charge in [0.2, 0.25) is 0 Å². The molecule has 0 fully saturated rings. The van der Waals surface area contributed by atoms with E-state index in [1.54, 1.807) is 7.11 Å². The minimum Gasteiger partial charge on any atom is -0.496 e. The van der Waals surface area contributed by atoms with Gasteiger partial charge in [-0.15, -0.1) is 0 Å². The smallest absolute Gasteiger partial charge is 0.173 e. The fourth-order valence-corrected chi connectivity index (χ4v) is 1.86. The zero-order chi connectivity index (χ0) is 10.8. The minimum atomic E-state index is 0.114. The molecule has 0 atom stereocenters. The lowest BCUT2D eigenvalue weighted by Gasteiger charge is -2.21. The van der Waals surface area contributed by atoms with E-state index in [1.165, 1.54) is 0 Å². The maximum Gasteiger partial charge on any atom is 0.173 e. The summed E-state index contributed by atoms with van der Waals surface area (Å²) in [5.41, 5.74) is 1.68. The average molecular weight is 206 g/mol. The van der Waals surface area contributed by atoms with Crippen molar-refractivity contribution in [3.8, 4) is 11.5 Å². The topological polar surface area (TPSA) is 35.5 Å². The SMILES string of the molecule is CCc1ccc(OC)c2c1OCCC2=O. The maximum atomic E-state index is 11.8. The first-order chi connectivity index (χ1) is 7.27. The third-order valence-electron chi connectivity index (χ3n) is 2.66. The highest BCUT2D eigenvalue weighted by Gasteiger charge is 2.24. The van der Waals surface area contributed by atoms with Crippen molar-refractivity contribution in [1.82, 2.24) is 0 Å². The molecule has 0 radical (unpaired) electrons. The van der Waals surface area contributed by atoms with Crippen molar-refractivity contribution in [2.24, 2.45) is 0 Å². The number of aryl methyl sites for hydroxylation is 1. The van der Waals surface area contributed by atoms with Gasteiger partial charge in [-0.1, -0.05) is 13.0 Å². The second-order valence-electron chi connectivity index (χ2n) is 3.51. The summed E-state index contributed by atoms with van der Waals surface area (Å²) in [6, 6.07) is 3.79. The van der Waals surface area contributed by atoms with Crippen molar-refractivity contribution >= 4 is 5.78 Å². The molecule has 1 aromatic rings. The summed E-state index contributed by atoms with van der Waals surface area (Å²) in [5, 5.41) is 0. The summed E-state index contributed by atoms with van der Waals surface area (Å²) in [7, 11) is 1.57. The van der Waals surface area contributed by atoms with E-state index in [2.05, 4.69) is 0 Å². The highest BCUT2D eigenvalue weighted by Crippen LogP contribution is 2.36. The van der Waals surface area contributed by atoms with E-state index in [9.17, 15) is 4.79 Å². The van der Waals surface area contributed by atoms with Crippen LogP contribution in [0.4, 0.5) is 0 Å². The Kier molecular flexibility index (Phi) is 2.62. The predicted octanol–water partition coefficient (Wildman–Crippen LogP) is 2.22. The van der Waals surface area contributed by atoms with Crippen molar-refractivity contribution in [2.45, 2.75) is 19.8 Å². The Labute approximate surface area is 89.0 Å². The molecule has 1 aromatic carbocycles. The van der Waals surface area contributed by atoms with Crippen LogP contribution in [0.2, 0.25) is 0 Å². The highest BCUT2D eigenvalue weighted by atomic mass is 16.5. The molecule has 0 aromatic heterocycles. The van der Waals surface area contributed by atoms with Crippen molar-refractivity contribution in [3.63, 3.8) is 0 Å². The first kappa shape index (κ1) is 10.0. The molecule has 1 aliphatic heterocycles. The monoisotopic (exact) mass is 206 g/mol. The number of fused-ring (bicyclic) bond motifs is 1. The summed E-state index contributed by atoms with van der Waals surface area (Å²) in [6.07, 6.45) is 1.30. The van der Waals surface area contributed by atoms with Gasteiger partial charge in [0.1, 0.15) is 17.1 Å². The van der Waals surface area contributed by atoms with Crippen molar-refractivity contribution in [2.75, 3.05) is 13.7 Å². The van der Waals surface area contributed by atoms with Crippen LogP contribution in [0.1, 0.15) is 29.3 Å². The Morgan fingerprint density at radius 3 is 2.93 bits per heavy atom. The highest BCUT2D eigenvalue weighted by molar-refractivity contribution is 6.02. The lowest BCUT2D eigenvalue weighted by atomic mass is 9.99. The number of hydrogen-bond donors (Lipinski definition) is 0. The van der Waals surface area contributed by atoms with Crippen LogP contribution < -0.4 is 9.47 Å². The van der Waals surface area contributed by atoms with Crippen LogP contribution in [0.25, 0.3) is 0 Å². The summed E-state index contributed by atoms with van der Waals surface area (Å²) in [6.45, 7) is 2.52. The number of ether oxygens (including phenoxy) is 2. The van der Waals surface area contributed by atoms with Gasteiger partial charge in [-0.3, -0.25) is 4.79 Å². The standard InChI is InChI=1S/C12H14O3/c1-3-8-4-5-10(14-2)11-9(13)6-7-15-12(8)11/h4-5H,3,6-7H2,1-2H3. The molecule has 0 saturated carbocycles. The van der Waals surface area contributed by atoms with E-state index in [4.69, 9.17) is 9.47 Å². The van der Waals surface area contributed by atoms with Gasteiger partial charge in [-0.2, -0.15) is 0 Å². The average Bonchev–Trinajstić information content (AvgIpc) is 2.28. The van der Waals surface area contributed by atoms with E-state index >= 15 is 0 Å². The molecule has 0 amide bonds. The number of benzene rings is 1. The van der Waals surface area contributed by atoms with E-state index in [1.807, 2.05) is 19.1 Å². The fraction of sp³-hybridized carbons (Fsp3) is 0.417. The Morgan fingerprint density at radius 1 is 1.47 bits per heavy atom. The van der Waals surface area contributed by atoms with Crippen LogP contribution in [-0.2, 0) is 6.42 Å². The van der Waals surface area contributed by atoms with Crippen LogP contribution in [0.3, 0.4) is 0 Å². The number of ketones is 1. The number of carbonyl (C=O) groups excluding carboxylic acids is 1. The number of hydrogen-bond acceptors (Lipinski definition) is 3. The van der Waals surface area contributed by atoms with Gasteiger partial charge in [0.05, 0.1) is 13.7 Å². The molecule has 3 heteroatoms. The zero-order valence-electron chi connectivity index (χ0n) is 9.00. The molecule has 0 spiro atoms. The van der Waals surface area contributed by atoms with Crippen LogP contribution in [0.5, 0.6) is 11.5 Å². The Bertz CT molecular complexity index is 396. The Balaban J connectivity index is 2.61. The molecular weight excluding hydrogens is 192 g/mol. The van der Waals surface area contributed by atoms with Gasteiger partial charge in [0, 0.05) is 6.42 Å². The summed E-state index contributed by atoms with van der Waals surface area (Å²) in [4.78, 5) is 11.8. The summed E-state index contributed by atoms with van der Waals surface area (Å²) in [5.74, 6) is 1.45. The minimum absolute atomic E-state index is 0.114. The van der Waals surface area contributed by atoms with Gasteiger partial charge < -0.3 is 9.47 Å². The number of methoxy groups -OCH3 is 1. The molecule has 80 valence electrons. The lowest BCUT2D eigenvalue weighted by molar-refractivity contribution is 0.0928. The van der Waals surface area contributed by atoms with Gasteiger partial charge in [0.15, 0.2) is 5.78 Å². The third kappa shape index (κ3) is 1.58. The van der Waals surface area contributed by atoms with Crippen LogP contribution >= 0.6 is 0 Å². The van der Waals surface area contributed by atoms with Crippen molar-refractivity contribution in [3.05, 3.63) is 23.3 Å². The molecule has 1 heterocycles. The van der Waals surface area contributed by atoms with Crippen LogP contribution in [0.15, 0.2) is 12.1 Å². The second-order valence-corrected chi connectivity index (χ2v) is 3.51. The molecule has 0 saturated heterocycles. The molecule has 15 heavy (non-hydrogen) atoms. The molecule has 2 rings (SSSR count). The predicted molar refractivity (Wildman–Crippen MR) is 56.8 cm³/mol. The van der Waals surface area contributed by atoms with Gasteiger partial charge in [0.25, 0.3) is 0 Å². The van der Waals surface area contributed by atoms with E-state index in [0.717, 1.165) is 12.0 Å². The third-order valence-corrected chi connectivity index (χ3v) is 2.66. The molecule has 3 nitrogen and oxygen atoms in total. The van der Waals surface area contributed by atoms with Gasteiger partial charge in [-0.25, -0.2) is 0 Å². The summed E-state index contributed by atoms with van der Waals surface area (Å²) < 4.78 is 10.7. The number of carbonyl (C=O) groups is 1. The van der Waals surface area contributed by atoms with Crippen LogP contribution in [-0.4, -0.2) is 19.5 Å². The normalized spacial score (nSPS) is 14.4. The number of Topliss-reactive ketones (excluding diaryl/α,β-unsaturated/α-hetero) is 1. The maximum absolute atomic E-state index is 11.8. The van der Waals surface area contributed by atoms with Gasteiger partial charge >= 0.3 is 0 Å². The molecule has 1 aliphatic rings. The molecule has 0 unspecified atom stereocenters. The lowest BCUT2D eigenvalue weighted by Crippen LogP contribution is -2.17. The van der Waals surface area contributed by atoms with Gasteiger partial charge in [-0.05, 0) is 18.1 Å². The summed E-state index contributed by atoms with van der Waals surface area (Å²) >= 11 is 0. The van der Waals surface area contributed by atoms with E-state index < -0.39 is 0 Å². The number of rotatable bonds is 2. The molecule has 0 bridgehead atoms. The molecule has 0 N–H and O–H groups in total. The van der Waals surface area contributed by atoms with E-state index in [-0.39, 0.29) is 5.78 Å².